The normalized spacial score (nSPS) is 18.5. The Kier molecular flexibility index (Phi) is 4.95. The summed E-state index contributed by atoms with van der Waals surface area (Å²) in [6.45, 7) is 2.22. The topological polar surface area (TPSA) is 66.4 Å². The first-order chi connectivity index (χ1) is 13.5. The number of thiophene rings is 2. The summed E-state index contributed by atoms with van der Waals surface area (Å²) in [5, 5.41) is 1.20. The fourth-order valence-corrected chi connectivity index (χ4v) is 8.83. The number of hydrogen-bond donors (Lipinski definition) is 0. The number of piperazine rings is 1. The fourth-order valence-electron chi connectivity index (χ4n) is 4.02. The molecule has 0 radical (unpaired) electrons. The van der Waals surface area contributed by atoms with Crippen molar-refractivity contribution in [1.82, 2.24) is 14.3 Å². The van der Waals surface area contributed by atoms with E-state index in [1.807, 2.05) is 0 Å². The number of aromatic nitrogens is 2. The van der Waals surface area contributed by atoms with Gasteiger partial charge in [0, 0.05) is 31.1 Å². The second-order valence-corrected chi connectivity index (χ2v) is 12.7. The van der Waals surface area contributed by atoms with Crippen LogP contribution in [-0.2, 0) is 22.9 Å². The minimum atomic E-state index is -3.43. The van der Waals surface area contributed by atoms with E-state index in [4.69, 9.17) is 0 Å². The first-order valence-electron chi connectivity index (χ1n) is 9.30. The fraction of sp³-hybridized carbons (Fsp3) is 0.444. The minimum Gasteiger partial charge on any atom is -0.353 e. The monoisotopic (exact) mass is 498 g/mol. The molecule has 0 N–H and O–H groups in total. The Labute approximate surface area is 180 Å². The Morgan fingerprint density at radius 2 is 1.79 bits per heavy atom. The van der Waals surface area contributed by atoms with E-state index in [9.17, 15) is 8.42 Å². The third kappa shape index (κ3) is 3.19. The number of hydrogen-bond acceptors (Lipinski definition) is 7. The molecule has 0 spiro atoms. The van der Waals surface area contributed by atoms with Crippen LogP contribution in [0.15, 0.2) is 26.5 Å². The first kappa shape index (κ1) is 18.9. The molecule has 4 heterocycles. The van der Waals surface area contributed by atoms with E-state index in [-0.39, 0.29) is 0 Å². The second-order valence-electron chi connectivity index (χ2n) is 7.04. The molecule has 3 aromatic rings. The van der Waals surface area contributed by atoms with E-state index in [0.29, 0.717) is 30.4 Å². The van der Waals surface area contributed by atoms with Gasteiger partial charge in [-0.05, 0) is 59.3 Å². The number of aryl methyl sites for hydroxylation is 2. The summed E-state index contributed by atoms with van der Waals surface area (Å²) in [4.78, 5) is 13.9. The van der Waals surface area contributed by atoms with E-state index in [2.05, 4.69) is 30.8 Å². The number of rotatable bonds is 3. The predicted molar refractivity (Wildman–Crippen MR) is 117 cm³/mol. The van der Waals surface area contributed by atoms with Crippen LogP contribution in [-0.4, -0.2) is 48.9 Å². The molecular formula is C18H19BrN4O2S3. The standard InChI is InChI=1S/C18H19BrN4O2S3/c19-14-5-6-15(27-14)28(24,25)23-9-7-22(8-10-23)17-16-12-3-1-2-4-13(12)26-18(16)21-11-20-17/h5-6,11H,1-4,7-10H2. The lowest BCUT2D eigenvalue weighted by Crippen LogP contribution is -2.48. The van der Waals surface area contributed by atoms with Gasteiger partial charge in [0.2, 0.25) is 0 Å². The molecule has 0 unspecified atom stereocenters. The van der Waals surface area contributed by atoms with Crippen LogP contribution >= 0.6 is 38.6 Å². The van der Waals surface area contributed by atoms with Crippen molar-refractivity contribution in [3.8, 4) is 0 Å². The molecule has 148 valence electrons. The molecule has 0 bridgehead atoms. The van der Waals surface area contributed by atoms with Crippen molar-refractivity contribution in [2.24, 2.45) is 0 Å². The zero-order valence-electron chi connectivity index (χ0n) is 15.1. The van der Waals surface area contributed by atoms with Gasteiger partial charge in [-0.25, -0.2) is 18.4 Å². The smallest absolute Gasteiger partial charge is 0.252 e. The molecule has 6 nitrogen and oxygen atoms in total. The maximum atomic E-state index is 12.9. The molecule has 28 heavy (non-hydrogen) atoms. The summed E-state index contributed by atoms with van der Waals surface area (Å²) in [6, 6.07) is 3.45. The van der Waals surface area contributed by atoms with Gasteiger partial charge >= 0.3 is 0 Å². The van der Waals surface area contributed by atoms with Gasteiger partial charge in [0.05, 0.1) is 9.17 Å². The number of halogens is 1. The maximum absolute atomic E-state index is 12.9. The molecule has 1 saturated heterocycles. The molecule has 1 fully saturated rings. The van der Waals surface area contributed by atoms with E-state index in [1.165, 1.54) is 40.0 Å². The highest BCUT2D eigenvalue weighted by molar-refractivity contribution is 9.11. The zero-order valence-corrected chi connectivity index (χ0v) is 19.1. The maximum Gasteiger partial charge on any atom is 0.252 e. The Hall–Kier alpha value is -1.07. The van der Waals surface area contributed by atoms with Gasteiger partial charge in [-0.2, -0.15) is 4.31 Å². The average molecular weight is 499 g/mol. The van der Waals surface area contributed by atoms with E-state index < -0.39 is 10.0 Å². The summed E-state index contributed by atoms with van der Waals surface area (Å²) < 4.78 is 28.6. The first-order valence-corrected chi connectivity index (χ1v) is 13.2. The molecule has 0 saturated carbocycles. The Bertz CT molecular complexity index is 1130. The summed E-state index contributed by atoms with van der Waals surface area (Å²) in [6.07, 6.45) is 6.34. The van der Waals surface area contributed by atoms with Gasteiger partial charge in [0.15, 0.2) is 0 Å². The van der Waals surface area contributed by atoms with E-state index >= 15 is 0 Å². The molecule has 1 aliphatic heterocycles. The highest BCUT2D eigenvalue weighted by atomic mass is 79.9. The molecule has 2 aliphatic rings. The third-order valence-electron chi connectivity index (χ3n) is 5.41. The minimum absolute atomic E-state index is 0.393. The largest absolute Gasteiger partial charge is 0.353 e. The number of nitrogens with zero attached hydrogens (tertiary/aromatic N) is 4. The van der Waals surface area contributed by atoms with Crippen LogP contribution in [0, 0.1) is 0 Å². The SMILES string of the molecule is O=S(=O)(c1ccc(Br)s1)N1CCN(c2ncnc3sc4c(c23)CCCC4)CC1. The second kappa shape index (κ2) is 7.32. The van der Waals surface area contributed by atoms with E-state index in [0.717, 1.165) is 27.3 Å². The number of fused-ring (bicyclic) bond motifs is 3. The zero-order chi connectivity index (χ0) is 19.3. The lowest BCUT2D eigenvalue weighted by Gasteiger charge is -2.34. The van der Waals surface area contributed by atoms with Crippen molar-refractivity contribution in [2.75, 3.05) is 31.1 Å². The molecule has 5 rings (SSSR count). The van der Waals surface area contributed by atoms with Crippen molar-refractivity contribution in [3.05, 3.63) is 32.7 Å². The lowest BCUT2D eigenvalue weighted by atomic mass is 9.97. The Morgan fingerprint density at radius 1 is 1.00 bits per heavy atom. The Morgan fingerprint density at radius 3 is 2.54 bits per heavy atom. The van der Waals surface area contributed by atoms with Crippen LogP contribution < -0.4 is 4.90 Å². The van der Waals surface area contributed by atoms with Crippen molar-refractivity contribution >= 4 is 64.7 Å². The van der Waals surface area contributed by atoms with Crippen molar-refractivity contribution in [1.29, 1.82) is 0 Å². The molecule has 0 atom stereocenters. The summed E-state index contributed by atoms with van der Waals surface area (Å²) in [5.41, 5.74) is 1.42. The molecule has 10 heteroatoms. The molecule has 0 aromatic carbocycles. The number of anilines is 1. The highest BCUT2D eigenvalue weighted by Gasteiger charge is 2.31. The van der Waals surface area contributed by atoms with Gasteiger partial charge in [-0.3, -0.25) is 0 Å². The molecular weight excluding hydrogens is 480 g/mol. The average Bonchev–Trinajstić information content (AvgIpc) is 3.32. The van der Waals surface area contributed by atoms with Gasteiger partial charge in [-0.1, -0.05) is 0 Å². The lowest BCUT2D eigenvalue weighted by molar-refractivity contribution is 0.385. The van der Waals surface area contributed by atoms with Gasteiger partial charge in [-0.15, -0.1) is 22.7 Å². The van der Waals surface area contributed by atoms with Crippen molar-refractivity contribution in [2.45, 2.75) is 29.9 Å². The number of sulfonamides is 1. The Balaban J connectivity index is 1.41. The van der Waals surface area contributed by atoms with Crippen molar-refractivity contribution in [3.63, 3.8) is 0 Å². The van der Waals surface area contributed by atoms with Crippen LogP contribution in [0.3, 0.4) is 0 Å². The van der Waals surface area contributed by atoms with Crippen LogP contribution in [0.2, 0.25) is 0 Å². The summed E-state index contributed by atoms with van der Waals surface area (Å²) >= 11 is 6.41. The van der Waals surface area contributed by atoms with Crippen LogP contribution in [0.5, 0.6) is 0 Å². The van der Waals surface area contributed by atoms with Crippen molar-refractivity contribution < 1.29 is 8.42 Å². The van der Waals surface area contributed by atoms with Gasteiger partial charge < -0.3 is 4.90 Å². The molecule has 3 aromatic heterocycles. The van der Waals surface area contributed by atoms with Crippen LogP contribution in [0.1, 0.15) is 23.3 Å². The highest BCUT2D eigenvalue weighted by Crippen LogP contribution is 2.39. The van der Waals surface area contributed by atoms with Crippen LogP contribution in [0.25, 0.3) is 10.2 Å². The van der Waals surface area contributed by atoms with Gasteiger partial charge in [0.1, 0.15) is 21.2 Å². The third-order valence-corrected chi connectivity index (χ3v) is 10.6. The van der Waals surface area contributed by atoms with Gasteiger partial charge in [0.25, 0.3) is 10.0 Å². The summed E-state index contributed by atoms with van der Waals surface area (Å²) in [7, 11) is -3.43. The quantitative estimate of drug-likeness (QED) is 0.547. The summed E-state index contributed by atoms with van der Waals surface area (Å²) in [5.74, 6) is 0.973. The molecule has 0 amide bonds. The predicted octanol–water partition coefficient (Wildman–Crippen LogP) is 3.91. The van der Waals surface area contributed by atoms with Crippen LogP contribution in [0.4, 0.5) is 5.82 Å². The molecule has 1 aliphatic carbocycles. The van der Waals surface area contributed by atoms with E-state index in [1.54, 1.807) is 34.1 Å².